The van der Waals surface area contributed by atoms with Gasteiger partial charge in [0.05, 0.1) is 24.2 Å². The summed E-state index contributed by atoms with van der Waals surface area (Å²) in [7, 11) is 0. The van der Waals surface area contributed by atoms with Gasteiger partial charge in [-0.3, -0.25) is 9.59 Å². The van der Waals surface area contributed by atoms with Crippen molar-refractivity contribution in [3.8, 4) is 0 Å². The topological polar surface area (TPSA) is 75.6 Å². The van der Waals surface area contributed by atoms with Crippen LogP contribution < -0.4 is 5.32 Å². The van der Waals surface area contributed by atoms with Gasteiger partial charge >= 0.3 is 5.97 Å². The number of carbonyl (C=O) groups excluding carboxylic acids is 1. The standard InChI is InChI=1S/C8H13NO4S/c10-7(4-14-5-8(11)12)9-6-1-2-13-3-6/h6H,1-5H2,(H,9,10)(H,11,12). The number of thioether (sulfide) groups is 1. The van der Waals surface area contributed by atoms with Gasteiger partial charge in [-0.1, -0.05) is 0 Å². The highest BCUT2D eigenvalue weighted by Crippen LogP contribution is 2.04. The summed E-state index contributed by atoms with van der Waals surface area (Å²) in [5.41, 5.74) is 0. The minimum absolute atomic E-state index is 0.0331. The number of hydrogen-bond donors (Lipinski definition) is 2. The smallest absolute Gasteiger partial charge is 0.313 e. The Bertz CT molecular complexity index is 215. The predicted octanol–water partition coefficient (Wildman–Crippen LogP) is -0.291. The lowest BCUT2D eigenvalue weighted by Crippen LogP contribution is -2.36. The number of hydrogen-bond acceptors (Lipinski definition) is 4. The fraction of sp³-hybridized carbons (Fsp3) is 0.750. The fourth-order valence-electron chi connectivity index (χ4n) is 1.15. The maximum absolute atomic E-state index is 11.2. The zero-order valence-corrected chi connectivity index (χ0v) is 8.51. The largest absolute Gasteiger partial charge is 0.481 e. The van der Waals surface area contributed by atoms with Gasteiger partial charge in [0.2, 0.25) is 5.91 Å². The number of amides is 1. The molecule has 1 atom stereocenters. The summed E-state index contributed by atoms with van der Waals surface area (Å²) in [6.45, 7) is 1.25. The lowest BCUT2D eigenvalue weighted by atomic mass is 10.3. The first-order valence-corrected chi connectivity index (χ1v) is 5.50. The summed E-state index contributed by atoms with van der Waals surface area (Å²) in [5, 5.41) is 11.1. The first-order chi connectivity index (χ1) is 6.68. The quantitative estimate of drug-likeness (QED) is 0.664. The summed E-state index contributed by atoms with van der Waals surface area (Å²) in [4.78, 5) is 21.4. The zero-order valence-electron chi connectivity index (χ0n) is 7.69. The van der Waals surface area contributed by atoms with E-state index in [1.165, 1.54) is 0 Å². The van der Waals surface area contributed by atoms with E-state index >= 15 is 0 Å². The van der Waals surface area contributed by atoms with Crippen LogP contribution in [0.1, 0.15) is 6.42 Å². The minimum atomic E-state index is -0.896. The van der Waals surface area contributed by atoms with E-state index in [9.17, 15) is 9.59 Å². The Morgan fingerprint density at radius 1 is 1.50 bits per heavy atom. The van der Waals surface area contributed by atoms with Crippen molar-refractivity contribution < 1.29 is 19.4 Å². The molecule has 1 amide bonds. The van der Waals surface area contributed by atoms with Crippen LogP contribution in [0.25, 0.3) is 0 Å². The van der Waals surface area contributed by atoms with Crippen molar-refractivity contribution >= 4 is 23.6 Å². The number of rotatable bonds is 5. The summed E-state index contributed by atoms with van der Waals surface area (Å²) in [5.74, 6) is -0.851. The molecule has 1 unspecified atom stereocenters. The van der Waals surface area contributed by atoms with Gasteiger partial charge in [-0.05, 0) is 6.42 Å². The molecule has 14 heavy (non-hydrogen) atoms. The van der Waals surface area contributed by atoms with Crippen molar-refractivity contribution in [3.05, 3.63) is 0 Å². The molecular weight excluding hydrogens is 206 g/mol. The van der Waals surface area contributed by atoms with E-state index in [1.807, 2.05) is 0 Å². The Labute approximate surface area is 86.2 Å². The Hall–Kier alpha value is -0.750. The van der Waals surface area contributed by atoms with Crippen molar-refractivity contribution in [3.63, 3.8) is 0 Å². The number of carboxylic acids is 1. The highest BCUT2D eigenvalue weighted by Gasteiger charge is 2.17. The second-order valence-corrected chi connectivity index (χ2v) is 4.00. The molecule has 0 aromatic heterocycles. The van der Waals surface area contributed by atoms with Crippen molar-refractivity contribution in [1.29, 1.82) is 0 Å². The molecule has 0 aromatic rings. The van der Waals surface area contributed by atoms with Gasteiger partial charge in [-0.25, -0.2) is 0 Å². The molecule has 1 rings (SSSR count). The van der Waals surface area contributed by atoms with Gasteiger partial charge in [0.1, 0.15) is 0 Å². The fourth-order valence-corrected chi connectivity index (χ4v) is 1.69. The SMILES string of the molecule is O=C(O)CSCC(=O)NC1CCOC1. The highest BCUT2D eigenvalue weighted by molar-refractivity contribution is 8.00. The van der Waals surface area contributed by atoms with Crippen LogP contribution in [0.3, 0.4) is 0 Å². The predicted molar refractivity (Wildman–Crippen MR) is 52.3 cm³/mol. The monoisotopic (exact) mass is 219 g/mol. The Kier molecular flexibility index (Phi) is 4.75. The van der Waals surface area contributed by atoms with Gasteiger partial charge in [0, 0.05) is 6.61 Å². The van der Waals surface area contributed by atoms with Crippen LogP contribution in [0, 0.1) is 0 Å². The average Bonchev–Trinajstić information content (AvgIpc) is 2.56. The minimum Gasteiger partial charge on any atom is -0.481 e. The summed E-state index contributed by atoms with van der Waals surface area (Å²) in [6, 6.07) is 0.105. The Morgan fingerprint density at radius 2 is 2.29 bits per heavy atom. The summed E-state index contributed by atoms with van der Waals surface area (Å²) in [6.07, 6.45) is 0.843. The lowest BCUT2D eigenvalue weighted by Gasteiger charge is -2.09. The van der Waals surface area contributed by atoms with Crippen molar-refractivity contribution in [2.75, 3.05) is 24.7 Å². The van der Waals surface area contributed by atoms with Crippen LogP contribution >= 0.6 is 11.8 Å². The molecule has 0 radical (unpaired) electrons. The van der Waals surface area contributed by atoms with Crippen LogP contribution in [0.2, 0.25) is 0 Å². The lowest BCUT2D eigenvalue weighted by molar-refractivity contribution is -0.133. The van der Waals surface area contributed by atoms with E-state index in [1.54, 1.807) is 0 Å². The molecular formula is C8H13NO4S. The van der Waals surface area contributed by atoms with Crippen LogP contribution in [0.4, 0.5) is 0 Å². The molecule has 0 aromatic carbocycles. The van der Waals surface area contributed by atoms with Crippen molar-refractivity contribution in [2.45, 2.75) is 12.5 Å². The normalized spacial score (nSPS) is 20.7. The molecule has 2 N–H and O–H groups in total. The van der Waals surface area contributed by atoms with Crippen LogP contribution in [-0.2, 0) is 14.3 Å². The van der Waals surface area contributed by atoms with Crippen LogP contribution in [0.5, 0.6) is 0 Å². The summed E-state index contributed by atoms with van der Waals surface area (Å²) < 4.78 is 5.09. The van der Waals surface area contributed by atoms with Gasteiger partial charge in [-0.15, -0.1) is 11.8 Å². The molecule has 0 aliphatic carbocycles. The summed E-state index contributed by atoms with van der Waals surface area (Å²) >= 11 is 1.10. The number of ether oxygens (including phenoxy) is 1. The van der Waals surface area contributed by atoms with Gasteiger partial charge in [0.25, 0.3) is 0 Å². The van der Waals surface area contributed by atoms with E-state index in [-0.39, 0.29) is 23.5 Å². The molecule has 6 heteroatoms. The molecule has 1 fully saturated rings. The second kappa shape index (κ2) is 5.87. The molecule has 1 aliphatic heterocycles. The van der Waals surface area contributed by atoms with Crippen LogP contribution in [-0.4, -0.2) is 47.7 Å². The van der Waals surface area contributed by atoms with Gasteiger partial charge < -0.3 is 15.2 Å². The number of aliphatic carboxylic acids is 1. The molecule has 1 aliphatic rings. The molecule has 0 spiro atoms. The van der Waals surface area contributed by atoms with Gasteiger partial charge in [0.15, 0.2) is 0 Å². The van der Waals surface area contributed by atoms with E-state index < -0.39 is 5.97 Å². The average molecular weight is 219 g/mol. The number of carboxylic acid groups (broad SMARTS) is 1. The van der Waals surface area contributed by atoms with Crippen molar-refractivity contribution in [1.82, 2.24) is 5.32 Å². The number of nitrogens with one attached hydrogen (secondary N) is 1. The van der Waals surface area contributed by atoms with E-state index in [2.05, 4.69) is 5.32 Å². The third-order valence-corrected chi connectivity index (χ3v) is 2.67. The maximum atomic E-state index is 11.2. The molecule has 1 saturated heterocycles. The van der Waals surface area contributed by atoms with E-state index in [0.717, 1.165) is 18.2 Å². The molecule has 0 saturated carbocycles. The number of carbonyl (C=O) groups is 2. The van der Waals surface area contributed by atoms with E-state index in [0.29, 0.717) is 13.2 Å². The highest BCUT2D eigenvalue weighted by atomic mass is 32.2. The third-order valence-electron chi connectivity index (χ3n) is 1.75. The Balaban J connectivity index is 2.06. The van der Waals surface area contributed by atoms with Gasteiger partial charge in [-0.2, -0.15) is 0 Å². The third kappa shape index (κ3) is 4.48. The molecule has 5 nitrogen and oxygen atoms in total. The van der Waals surface area contributed by atoms with Crippen molar-refractivity contribution in [2.24, 2.45) is 0 Å². The Morgan fingerprint density at radius 3 is 2.86 bits per heavy atom. The second-order valence-electron chi connectivity index (χ2n) is 3.01. The van der Waals surface area contributed by atoms with Crippen LogP contribution in [0.15, 0.2) is 0 Å². The molecule has 80 valence electrons. The first kappa shape index (κ1) is 11.3. The maximum Gasteiger partial charge on any atom is 0.313 e. The molecule has 0 bridgehead atoms. The van der Waals surface area contributed by atoms with E-state index in [4.69, 9.17) is 9.84 Å². The molecule has 1 heterocycles. The zero-order chi connectivity index (χ0) is 10.4. The first-order valence-electron chi connectivity index (χ1n) is 4.35.